The number of benzene rings is 1. The molecule has 0 unspecified atom stereocenters. The van der Waals surface area contributed by atoms with Crippen molar-refractivity contribution in [3.63, 3.8) is 0 Å². The number of hydrogen-bond donors (Lipinski definition) is 1. The van der Waals surface area contributed by atoms with Crippen molar-refractivity contribution in [2.45, 2.75) is 26.1 Å². The fourth-order valence-electron chi connectivity index (χ4n) is 1.66. The molecule has 1 atom stereocenters. The highest BCUT2D eigenvalue weighted by atomic mass is 19.3. The number of nitrogens with zero attached hydrogens (tertiary/aromatic N) is 1. The average molecular weight is 316 g/mol. The first-order chi connectivity index (χ1) is 10.3. The normalized spacial score (nSPS) is 12.1. The summed E-state index contributed by atoms with van der Waals surface area (Å²) in [6.07, 6.45) is -0.821. The second-order valence-electron chi connectivity index (χ2n) is 4.59. The Morgan fingerprint density at radius 3 is 2.36 bits per heavy atom. The van der Waals surface area contributed by atoms with Gasteiger partial charge in [-0.05, 0) is 31.7 Å². The summed E-state index contributed by atoms with van der Waals surface area (Å²) in [5.74, 6) is -0.426. The number of methoxy groups -OCH3 is 1. The molecule has 0 aromatic heterocycles. The van der Waals surface area contributed by atoms with Crippen LogP contribution in [0.1, 0.15) is 12.5 Å². The van der Waals surface area contributed by atoms with Crippen LogP contribution < -0.4 is 10.1 Å². The van der Waals surface area contributed by atoms with E-state index < -0.39 is 24.7 Å². The van der Waals surface area contributed by atoms with Gasteiger partial charge in [-0.2, -0.15) is 8.78 Å². The van der Waals surface area contributed by atoms with E-state index >= 15 is 0 Å². The number of nitrogens with one attached hydrogen (secondary N) is 1. The molecule has 1 rings (SSSR count). The summed E-state index contributed by atoms with van der Waals surface area (Å²) >= 11 is 0. The molecule has 0 heterocycles. The molecule has 0 saturated carbocycles. The number of halogens is 2. The molecule has 122 valence electrons. The zero-order chi connectivity index (χ0) is 16.7. The van der Waals surface area contributed by atoms with Gasteiger partial charge in [0.05, 0.1) is 13.2 Å². The smallest absolute Gasteiger partial charge is 0.413 e. The van der Waals surface area contributed by atoms with Crippen LogP contribution in [-0.2, 0) is 16.1 Å². The lowest BCUT2D eigenvalue weighted by Gasteiger charge is -2.23. The second-order valence-corrected chi connectivity index (χ2v) is 4.59. The molecule has 6 nitrogen and oxygen atoms in total. The van der Waals surface area contributed by atoms with E-state index in [1.54, 1.807) is 31.0 Å². The van der Waals surface area contributed by atoms with Crippen LogP contribution in [0, 0.1) is 0 Å². The number of carbonyl (C=O) groups is 2. The number of amides is 2. The van der Waals surface area contributed by atoms with Gasteiger partial charge in [0.25, 0.3) is 0 Å². The van der Waals surface area contributed by atoms with Gasteiger partial charge in [0, 0.05) is 6.54 Å². The van der Waals surface area contributed by atoms with Crippen molar-refractivity contribution in [1.82, 2.24) is 10.2 Å². The van der Waals surface area contributed by atoms with Crippen molar-refractivity contribution in [3.05, 3.63) is 29.8 Å². The first-order valence-corrected chi connectivity index (χ1v) is 6.46. The van der Waals surface area contributed by atoms with E-state index in [-0.39, 0.29) is 5.75 Å². The Balaban J connectivity index is 2.58. The Morgan fingerprint density at radius 1 is 1.27 bits per heavy atom. The van der Waals surface area contributed by atoms with Gasteiger partial charge in [0.15, 0.2) is 0 Å². The summed E-state index contributed by atoms with van der Waals surface area (Å²) in [6.45, 7) is -0.840. The maximum atomic E-state index is 12.0. The number of rotatable bonds is 6. The molecule has 0 saturated heterocycles. The van der Waals surface area contributed by atoms with Crippen molar-refractivity contribution in [1.29, 1.82) is 0 Å². The number of imide groups is 1. The molecular weight excluding hydrogens is 298 g/mol. The summed E-state index contributed by atoms with van der Waals surface area (Å²) in [6, 6.07) is 5.53. The Morgan fingerprint density at radius 2 is 1.86 bits per heavy atom. The fraction of sp³-hybridized carbons (Fsp3) is 0.429. The Kier molecular flexibility index (Phi) is 6.71. The minimum Gasteiger partial charge on any atom is -0.453 e. The van der Waals surface area contributed by atoms with Gasteiger partial charge in [-0.1, -0.05) is 12.1 Å². The maximum Gasteiger partial charge on any atom is 0.413 e. The van der Waals surface area contributed by atoms with Gasteiger partial charge in [-0.15, -0.1) is 0 Å². The molecule has 0 radical (unpaired) electrons. The lowest BCUT2D eigenvalue weighted by molar-refractivity contribution is -0.124. The molecule has 0 spiro atoms. The first-order valence-electron chi connectivity index (χ1n) is 6.46. The van der Waals surface area contributed by atoms with Crippen LogP contribution in [0.25, 0.3) is 0 Å². The number of likely N-dealkylation sites (N-methyl/N-ethyl adjacent to an activating group) is 1. The van der Waals surface area contributed by atoms with Crippen LogP contribution >= 0.6 is 0 Å². The highest BCUT2D eigenvalue weighted by Crippen LogP contribution is 2.16. The van der Waals surface area contributed by atoms with E-state index in [1.807, 2.05) is 0 Å². The number of alkyl halides is 2. The van der Waals surface area contributed by atoms with Crippen LogP contribution in [0.4, 0.5) is 13.6 Å². The minimum atomic E-state index is -2.87. The highest BCUT2D eigenvalue weighted by molar-refractivity contribution is 5.94. The van der Waals surface area contributed by atoms with Gasteiger partial charge >= 0.3 is 12.7 Å². The summed E-state index contributed by atoms with van der Waals surface area (Å²) in [4.78, 5) is 24.4. The Bertz CT molecular complexity index is 508. The average Bonchev–Trinajstić information content (AvgIpc) is 2.47. The van der Waals surface area contributed by atoms with Gasteiger partial charge in [-0.3, -0.25) is 15.0 Å². The van der Waals surface area contributed by atoms with Gasteiger partial charge in [0.1, 0.15) is 5.75 Å². The molecule has 1 N–H and O–H groups in total. The summed E-state index contributed by atoms with van der Waals surface area (Å²) in [7, 11) is 2.87. The van der Waals surface area contributed by atoms with E-state index in [0.717, 1.165) is 5.56 Å². The van der Waals surface area contributed by atoms with E-state index in [9.17, 15) is 18.4 Å². The van der Waals surface area contributed by atoms with E-state index in [0.29, 0.717) is 6.54 Å². The topological polar surface area (TPSA) is 67.9 Å². The maximum absolute atomic E-state index is 12.0. The minimum absolute atomic E-state index is 0.0675. The number of ether oxygens (including phenoxy) is 2. The third kappa shape index (κ3) is 5.65. The first kappa shape index (κ1) is 17.8. The predicted molar refractivity (Wildman–Crippen MR) is 74.6 cm³/mol. The van der Waals surface area contributed by atoms with Crippen molar-refractivity contribution in [3.8, 4) is 5.75 Å². The summed E-state index contributed by atoms with van der Waals surface area (Å²) in [5.41, 5.74) is 0.807. The monoisotopic (exact) mass is 316 g/mol. The lowest BCUT2D eigenvalue weighted by Crippen LogP contribution is -2.45. The molecule has 1 aromatic carbocycles. The molecule has 22 heavy (non-hydrogen) atoms. The molecule has 0 aliphatic heterocycles. The summed E-state index contributed by atoms with van der Waals surface area (Å²) < 4.78 is 32.7. The molecule has 0 aliphatic rings. The number of hydrogen-bond acceptors (Lipinski definition) is 5. The van der Waals surface area contributed by atoms with E-state index in [4.69, 9.17) is 0 Å². The van der Waals surface area contributed by atoms with Crippen molar-refractivity contribution >= 4 is 12.0 Å². The quantitative estimate of drug-likeness (QED) is 0.869. The van der Waals surface area contributed by atoms with Gasteiger partial charge < -0.3 is 9.47 Å². The van der Waals surface area contributed by atoms with Crippen molar-refractivity contribution < 1.29 is 27.8 Å². The number of carbonyl (C=O) groups excluding carboxylic acids is 2. The highest BCUT2D eigenvalue weighted by Gasteiger charge is 2.20. The largest absolute Gasteiger partial charge is 0.453 e. The number of alkyl carbamates (subject to hydrolysis) is 1. The Labute approximate surface area is 127 Å². The van der Waals surface area contributed by atoms with Gasteiger partial charge in [0.2, 0.25) is 5.91 Å². The third-order valence-corrected chi connectivity index (χ3v) is 3.03. The van der Waals surface area contributed by atoms with Crippen LogP contribution in [-0.4, -0.2) is 43.7 Å². The van der Waals surface area contributed by atoms with Crippen LogP contribution in [0.5, 0.6) is 5.75 Å². The predicted octanol–water partition coefficient (Wildman–Crippen LogP) is 1.99. The van der Waals surface area contributed by atoms with Crippen LogP contribution in [0.3, 0.4) is 0 Å². The molecule has 8 heteroatoms. The molecule has 1 aromatic rings. The fourth-order valence-corrected chi connectivity index (χ4v) is 1.66. The van der Waals surface area contributed by atoms with Crippen molar-refractivity contribution in [2.75, 3.05) is 14.2 Å². The van der Waals surface area contributed by atoms with Crippen molar-refractivity contribution in [2.24, 2.45) is 0 Å². The molecule has 0 bridgehead atoms. The molecule has 0 fully saturated rings. The zero-order valence-corrected chi connectivity index (χ0v) is 12.5. The third-order valence-electron chi connectivity index (χ3n) is 3.03. The molecular formula is C14H18F2N2O4. The zero-order valence-electron chi connectivity index (χ0n) is 12.5. The molecule has 0 aliphatic carbocycles. The second kappa shape index (κ2) is 8.28. The lowest BCUT2D eigenvalue weighted by atomic mass is 10.2. The van der Waals surface area contributed by atoms with E-state index in [2.05, 4.69) is 14.8 Å². The molecule has 2 amide bonds. The van der Waals surface area contributed by atoms with E-state index in [1.165, 1.54) is 19.2 Å². The Hall–Kier alpha value is -2.22. The summed E-state index contributed by atoms with van der Waals surface area (Å²) in [5, 5.41) is 2.08. The van der Waals surface area contributed by atoms with Crippen LogP contribution in [0.2, 0.25) is 0 Å². The standard InChI is InChI=1S/C14H18F2N2O4/c1-9(12(19)17-14(20)21-3)18(2)8-10-4-6-11(7-5-10)22-13(15)16/h4-7,9,13H,8H2,1-3H3,(H,17,19,20)/t9-/m0/s1. The SMILES string of the molecule is COC(=O)NC(=O)[C@H](C)N(C)Cc1ccc(OC(F)F)cc1. The van der Waals surface area contributed by atoms with Gasteiger partial charge in [-0.25, -0.2) is 4.79 Å². The van der Waals surface area contributed by atoms with Crippen LogP contribution in [0.15, 0.2) is 24.3 Å².